The number of nitrogens with zero attached hydrogens (tertiary/aromatic N) is 3. The van der Waals surface area contributed by atoms with E-state index in [1.165, 1.54) is 11.3 Å². The van der Waals surface area contributed by atoms with Crippen LogP contribution >= 0.6 is 0 Å². The Labute approximate surface area is 144 Å². The van der Waals surface area contributed by atoms with Crippen molar-refractivity contribution in [3.63, 3.8) is 0 Å². The Balaban J connectivity index is 1.66. The van der Waals surface area contributed by atoms with E-state index in [2.05, 4.69) is 84.4 Å². The van der Waals surface area contributed by atoms with Crippen molar-refractivity contribution in [1.82, 2.24) is 0 Å². The summed E-state index contributed by atoms with van der Waals surface area (Å²) in [6.45, 7) is 7.41. The third kappa shape index (κ3) is 3.85. The second kappa shape index (κ2) is 7.82. The van der Waals surface area contributed by atoms with E-state index in [1.807, 2.05) is 6.07 Å². The second-order valence-electron chi connectivity index (χ2n) is 5.90. The van der Waals surface area contributed by atoms with Crippen LogP contribution in [0.5, 0.6) is 0 Å². The number of hydrogen-bond donors (Lipinski definition) is 0. The molecule has 0 unspecified atom stereocenters. The fourth-order valence-corrected chi connectivity index (χ4v) is 2.96. The zero-order chi connectivity index (χ0) is 16.8. The van der Waals surface area contributed by atoms with Gasteiger partial charge in [0.2, 0.25) is 0 Å². The van der Waals surface area contributed by atoms with Crippen LogP contribution < -0.4 is 9.91 Å². The maximum atomic E-state index is 4.70. The van der Waals surface area contributed by atoms with Crippen LogP contribution in [0.15, 0.2) is 65.8 Å². The predicted octanol–water partition coefficient (Wildman–Crippen LogP) is 4.81. The molecule has 1 aliphatic rings. The molecule has 24 heavy (non-hydrogen) atoms. The van der Waals surface area contributed by atoms with Crippen molar-refractivity contribution in [3.05, 3.63) is 66.2 Å². The predicted molar refractivity (Wildman–Crippen MR) is 105 cm³/mol. The molecule has 0 bridgehead atoms. The molecule has 2 aromatic carbocycles. The van der Waals surface area contributed by atoms with Crippen LogP contribution in [0.2, 0.25) is 0 Å². The van der Waals surface area contributed by atoms with Gasteiger partial charge in [-0.3, -0.25) is 5.01 Å². The van der Waals surface area contributed by atoms with Gasteiger partial charge in [0.1, 0.15) is 0 Å². The summed E-state index contributed by atoms with van der Waals surface area (Å²) in [6.07, 6.45) is 5.28. The largest absolute Gasteiger partial charge is 0.372 e. The van der Waals surface area contributed by atoms with Gasteiger partial charge in [-0.1, -0.05) is 36.4 Å². The number of hydrazone groups is 1. The summed E-state index contributed by atoms with van der Waals surface area (Å²) in [7, 11) is 0. The first kappa shape index (κ1) is 16.3. The first-order chi connectivity index (χ1) is 11.8. The van der Waals surface area contributed by atoms with E-state index >= 15 is 0 Å². The third-order valence-electron chi connectivity index (χ3n) is 4.37. The molecule has 2 aromatic rings. The van der Waals surface area contributed by atoms with E-state index in [4.69, 9.17) is 5.10 Å². The van der Waals surface area contributed by atoms with Crippen LogP contribution in [0, 0.1) is 0 Å². The maximum absolute atomic E-state index is 4.70. The van der Waals surface area contributed by atoms with Gasteiger partial charge < -0.3 is 4.90 Å². The SMILES string of the molecule is CCN(CC)c1ccc(C=CC2=NN(c3ccccc3)CC2)cc1. The molecule has 0 fully saturated rings. The Morgan fingerprint density at radius 2 is 1.67 bits per heavy atom. The summed E-state index contributed by atoms with van der Waals surface area (Å²) in [5.74, 6) is 0. The smallest absolute Gasteiger partial charge is 0.0628 e. The van der Waals surface area contributed by atoms with Crippen LogP contribution in [0.1, 0.15) is 25.8 Å². The number of allylic oxidation sites excluding steroid dienone is 1. The molecule has 0 atom stereocenters. The highest BCUT2D eigenvalue weighted by Gasteiger charge is 2.13. The first-order valence-electron chi connectivity index (χ1n) is 8.73. The van der Waals surface area contributed by atoms with Gasteiger partial charge in [-0.15, -0.1) is 0 Å². The lowest BCUT2D eigenvalue weighted by molar-refractivity contribution is 0.866. The third-order valence-corrected chi connectivity index (χ3v) is 4.37. The molecule has 0 radical (unpaired) electrons. The van der Waals surface area contributed by atoms with E-state index in [0.29, 0.717) is 0 Å². The van der Waals surface area contributed by atoms with Gasteiger partial charge in [-0.2, -0.15) is 5.10 Å². The number of rotatable bonds is 6. The van der Waals surface area contributed by atoms with Crippen LogP contribution in [0.25, 0.3) is 6.08 Å². The molecule has 0 aromatic heterocycles. The topological polar surface area (TPSA) is 18.8 Å². The summed E-state index contributed by atoms with van der Waals surface area (Å²) in [6, 6.07) is 19.1. The number of para-hydroxylation sites is 1. The van der Waals surface area contributed by atoms with Crippen molar-refractivity contribution in [3.8, 4) is 0 Å². The molecule has 0 aliphatic carbocycles. The van der Waals surface area contributed by atoms with Gasteiger partial charge >= 0.3 is 0 Å². The molecule has 0 spiro atoms. The van der Waals surface area contributed by atoms with Crippen molar-refractivity contribution in [2.75, 3.05) is 29.5 Å². The minimum absolute atomic E-state index is 0.949. The van der Waals surface area contributed by atoms with Crippen molar-refractivity contribution >= 4 is 23.2 Å². The van der Waals surface area contributed by atoms with Crippen LogP contribution in [0.3, 0.4) is 0 Å². The summed E-state index contributed by atoms with van der Waals surface area (Å²) < 4.78 is 0. The lowest BCUT2D eigenvalue weighted by Gasteiger charge is -2.20. The molecule has 3 nitrogen and oxygen atoms in total. The molecule has 1 heterocycles. The Hall–Kier alpha value is -2.55. The Morgan fingerprint density at radius 3 is 2.33 bits per heavy atom. The summed E-state index contributed by atoms with van der Waals surface area (Å²) in [5, 5.41) is 6.77. The van der Waals surface area contributed by atoms with E-state index in [9.17, 15) is 0 Å². The van der Waals surface area contributed by atoms with Gasteiger partial charge in [0.15, 0.2) is 0 Å². The summed E-state index contributed by atoms with van der Waals surface area (Å²) in [4.78, 5) is 2.35. The van der Waals surface area contributed by atoms with Crippen LogP contribution in [-0.4, -0.2) is 25.3 Å². The molecule has 0 saturated heterocycles. The molecular weight excluding hydrogens is 294 g/mol. The van der Waals surface area contributed by atoms with Crippen molar-refractivity contribution in [2.45, 2.75) is 20.3 Å². The molecule has 0 amide bonds. The maximum Gasteiger partial charge on any atom is 0.0628 e. The van der Waals surface area contributed by atoms with Crippen molar-refractivity contribution in [2.24, 2.45) is 5.10 Å². The number of hydrogen-bond acceptors (Lipinski definition) is 3. The lowest BCUT2D eigenvalue weighted by Crippen LogP contribution is -2.21. The fourth-order valence-electron chi connectivity index (χ4n) is 2.96. The minimum Gasteiger partial charge on any atom is -0.372 e. The average Bonchev–Trinajstić information content (AvgIpc) is 3.12. The van der Waals surface area contributed by atoms with Gasteiger partial charge in [0.05, 0.1) is 11.4 Å². The van der Waals surface area contributed by atoms with Gasteiger partial charge in [-0.25, -0.2) is 0 Å². The number of anilines is 2. The van der Waals surface area contributed by atoms with E-state index < -0.39 is 0 Å². The Bertz CT molecular complexity index is 698. The minimum atomic E-state index is 0.949. The van der Waals surface area contributed by atoms with E-state index in [-0.39, 0.29) is 0 Å². The normalized spacial score (nSPS) is 14.2. The highest BCUT2D eigenvalue weighted by atomic mass is 15.5. The monoisotopic (exact) mass is 319 g/mol. The second-order valence-corrected chi connectivity index (χ2v) is 5.90. The van der Waals surface area contributed by atoms with Gasteiger partial charge in [-0.05, 0) is 49.8 Å². The van der Waals surface area contributed by atoms with Gasteiger partial charge in [0, 0.05) is 31.7 Å². The van der Waals surface area contributed by atoms with Crippen molar-refractivity contribution in [1.29, 1.82) is 0 Å². The molecule has 1 aliphatic heterocycles. The number of benzene rings is 2. The summed E-state index contributed by atoms with van der Waals surface area (Å²) in [5.41, 5.74) is 4.79. The van der Waals surface area contributed by atoms with Crippen LogP contribution in [-0.2, 0) is 0 Å². The quantitative estimate of drug-likeness (QED) is 0.760. The Morgan fingerprint density at radius 1 is 0.958 bits per heavy atom. The van der Waals surface area contributed by atoms with E-state index in [0.717, 1.165) is 37.5 Å². The van der Waals surface area contributed by atoms with Gasteiger partial charge in [0.25, 0.3) is 0 Å². The van der Waals surface area contributed by atoms with Crippen molar-refractivity contribution < 1.29 is 0 Å². The first-order valence-corrected chi connectivity index (χ1v) is 8.73. The average molecular weight is 319 g/mol. The Kier molecular flexibility index (Phi) is 5.32. The standard InChI is InChI=1S/C21H25N3/c1-3-23(4-2)20-14-11-18(12-15-20)10-13-19-16-17-24(22-19)21-8-6-5-7-9-21/h5-15H,3-4,16-17H2,1-2H3. The molecule has 3 heteroatoms. The molecule has 3 rings (SSSR count). The van der Waals surface area contributed by atoms with E-state index in [1.54, 1.807) is 0 Å². The zero-order valence-corrected chi connectivity index (χ0v) is 14.5. The fraction of sp³-hybridized carbons (Fsp3) is 0.286. The zero-order valence-electron chi connectivity index (χ0n) is 14.5. The molecule has 124 valence electrons. The highest BCUT2D eigenvalue weighted by molar-refractivity contribution is 6.00. The molecule has 0 saturated carbocycles. The molecular formula is C21H25N3. The molecule has 0 N–H and O–H groups in total. The lowest BCUT2D eigenvalue weighted by atomic mass is 10.1. The highest BCUT2D eigenvalue weighted by Crippen LogP contribution is 2.20. The summed E-state index contributed by atoms with van der Waals surface area (Å²) >= 11 is 0. The van der Waals surface area contributed by atoms with Crippen LogP contribution in [0.4, 0.5) is 11.4 Å².